The Bertz CT molecular complexity index is 161. The largest absolute Gasteiger partial charge is 0.308 e. The monoisotopic (exact) mass is 162 g/mol. The third-order valence-corrected chi connectivity index (χ3v) is 1.29. The van der Waals surface area contributed by atoms with Crippen LogP contribution in [0.3, 0.4) is 0 Å². The van der Waals surface area contributed by atoms with Crippen LogP contribution in [-0.4, -0.2) is 11.7 Å². The lowest BCUT2D eigenvalue weighted by molar-refractivity contribution is -0.145. The number of carbonyl (C=O) groups excluding carboxylic acids is 1. The molecule has 0 saturated heterocycles. The number of hydrogen-bond donors (Lipinski definition) is 0. The lowest BCUT2D eigenvalue weighted by atomic mass is 10.0. The number of rotatable bonds is 4. The molecule has 3 heteroatoms. The molecule has 0 saturated carbocycles. The fourth-order valence-corrected chi connectivity index (χ4v) is 0.704. The van der Waals surface area contributed by atoms with E-state index in [0.29, 0.717) is 0 Å². The van der Waals surface area contributed by atoms with E-state index in [-0.39, 0.29) is 0 Å². The Morgan fingerprint density at radius 2 is 2.09 bits per heavy atom. The van der Waals surface area contributed by atoms with Crippen molar-refractivity contribution in [2.45, 2.75) is 26.2 Å². The Morgan fingerprint density at radius 3 is 2.36 bits per heavy atom. The van der Waals surface area contributed by atoms with Gasteiger partial charge >= 0.3 is 5.92 Å². The molecule has 0 aliphatic heterocycles. The van der Waals surface area contributed by atoms with Gasteiger partial charge in [-0.05, 0) is 0 Å². The van der Waals surface area contributed by atoms with Gasteiger partial charge < -0.3 is 0 Å². The summed E-state index contributed by atoms with van der Waals surface area (Å²) in [5, 5.41) is 0. The van der Waals surface area contributed by atoms with Crippen LogP contribution in [0.4, 0.5) is 8.78 Å². The summed E-state index contributed by atoms with van der Waals surface area (Å²) in [4.78, 5) is 10.8. The molecule has 0 aliphatic rings. The Hall–Kier alpha value is -0.730. The molecule has 0 aromatic heterocycles. The Kier molecular flexibility index (Phi) is 3.36. The topological polar surface area (TPSA) is 17.1 Å². The Morgan fingerprint density at radius 1 is 1.64 bits per heavy atom. The average Bonchev–Trinajstić information content (AvgIpc) is 1.86. The van der Waals surface area contributed by atoms with Crippen LogP contribution in [-0.2, 0) is 4.79 Å². The van der Waals surface area contributed by atoms with Crippen LogP contribution in [0.2, 0.25) is 0 Å². The van der Waals surface area contributed by atoms with Gasteiger partial charge in [-0.25, -0.2) is 0 Å². The molecule has 0 aromatic rings. The summed E-state index contributed by atoms with van der Waals surface area (Å²) in [5.41, 5.74) is 0. The lowest BCUT2D eigenvalue weighted by Crippen LogP contribution is -2.31. The zero-order chi connectivity index (χ0) is 9.07. The minimum atomic E-state index is -3.23. The molecular weight excluding hydrogens is 150 g/mol. The van der Waals surface area contributed by atoms with Crippen molar-refractivity contribution in [3.63, 3.8) is 0 Å². The van der Waals surface area contributed by atoms with E-state index in [1.165, 1.54) is 13.8 Å². The smallest absolute Gasteiger partial charge is 0.293 e. The summed E-state index contributed by atoms with van der Waals surface area (Å²) < 4.78 is 25.3. The number of allylic oxidation sites excluding steroid dienone is 1. The molecular formula is C8H12F2O. The van der Waals surface area contributed by atoms with Crippen LogP contribution < -0.4 is 0 Å². The van der Waals surface area contributed by atoms with E-state index in [4.69, 9.17) is 0 Å². The van der Waals surface area contributed by atoms with Crippen molar-refractivity contribution in [3.05, 3.63) is 12.7 Å². The fourth-order valence-electron chi connectivity index (χ4n) is 0.704. The quantitative estimate of drug-likeness (QED) is 0.580. The minimum absolute atomic E-state index is 0.565. The fraction of sp³-hybridized carbons (Fsp3) is 0.625. The molecule has 0 amide bonds. The van der Waals surface area contributed by atoms with Crippen molar-refractivity contribution in [1.82, 2.24) is 0 Å². The van der Waals surface area contributed by atoms with Crippen LogP contribution in [0, 0.1) is 5.92 Å². The minimum Gasteiger partial charge on any atom is -0.293 e. The highest BCUT2D eigenvalue weighted by atomic mass is 19.3. The van der Waals surface area contributed by atoms with Crippen molar-refractivity contribution in [2.24, 2.45) is 5.92 Å². The Labute approximate surface area is 65.1 Å². The summed E-state index contributed by atoms with van der Waals surface area (Å²) in [5.74, 6) is -4.86. The van der Waals surface area contributed by atoms with Gasteiger partial charge in [0.05, 0.1) is 0 Å². The maximum Gasteiger partial charge on any atom is 0.308 e. The van der Waals surface area contributed by atoms with Crippen molar-refractivity contribution >= 4 is 5.78 Å². The molecule has 0 aliphatic carbocycles. The first kappa shape index (κ1) is 10.3. The van der Waals surface area contributed by atoms with E-state index >= 15 is 0 Å². The number of halogens is 2. The summed E-state index contributed by atoms with van der Waals surface area (Å²) in [6, 6.07) is 0. The molecule has 0 heterocycles. The second-order valence-electron chi connectivity index (χ2n) is 2.72. The lowest BCUT2D eigenvalue weighted by Gasteiger charge is -2.14. The molecule has 0 atom stereocenters. The van der Waals surface area contributed by atoms with Gasteiger partial charge in [0, 0.05) is 12.3 Å². The normalized spacial score (nSPS) is 11.7. The molecule has 11 heavy (non-hydrogen) atoms. The molecule has 1 nitrogen and oxygen atoms in total. The van der Waals surface area contributed by atoms with E-state index in [0.717, 1.165) is 6.08 Å². The van der Waals surface area contributed by atoms with Crippen molar-refractivity contribution in [2.75, 3.05) is 0 Å². The van der Waals surface area contributed by atoms with Gasteiger partial charge in [0.2, 0.25) is 5.78 Å². The van der Waals surface area contributed by atoms with Crippen molar-refractivity contribution < 1.29 is 13.6 Å². The predicted molar refractivity (Wildman–Crippen MR) is 39.6 cm³/mol. The molecule has 0 radical (unpaired) electrons. The van der Waals surface area contributed by atoms with Gasteiger partial charge in [-0.3, -0.25) is 4.79 Å². The standard InChI is InChI=1S/C8H12F2O/c1-4-5-8(9,10)7(11)6(2)3/h4,6H,1,5H2,2-3H3. The van der Waals surface area contributed by atoms with Gasteiger partial charge in [0.15, 0.2) is 0 Å². The van der Waals surface area contributed by atoms with Crippen LogP contribution in [0.5, 0.6) is 0 Å². The van der Waals surface area contributed by atoms with Crippen LogP contribution in [0.25, 0.3) is 0 Å². The summed E-state index contributed by atoms with van der Waals surface area (Å²) in [6.45, 7) is 6.07. The van der Waals surface area contributed by atoms with E-state index in [9.17, 15) is 13.6 Å². The maximum atomic E-state index is 12.6. The van der Waals surface area contributed by atoms with Crippen LogP contribution in [0.1, 0.15) is 20.3 Å². The molecule has 0 bridgehead atoms. The van der Waals surface area contributed by atoms with E-state index < -0.39 is 24.0 Å². The first-order valence-electron chi connectivity index (χ1n) is 3.45. The Balaban J connectivity index is 4.28. The van der Waals surface area contributed by atoms with E-state index in [1.54, 1.807) is 0 Å². The first-order chi connectivity index (χ1) is 4.91. The predicted octanol–water partition coefficient (Wildman–Crippen LogP) is 2.42. The molecule has 0 spiro atoms. The average molecular weight is 162 g/mol. The number of carbonyl (C=O) groups is 1. The number of ketones is 1. The molecule has 0 unspecified atom stereocenters. The SMILES string of the molecule is C=CCC(F)(F)C(=O)C(C)C. The summed E-state index contributed by atoms with van der Waals surface area (Å²) in [6.07, 6.45) is 0.490. The van der Waals surface area contributed by atoms with Crippen LogP contribution in [0.15, 0.2) is 12.7 Å². The van der Waals surface area contributed by atoms with Gasteiger partial charge in [0.1, 0.15) is 0 Å². The zero-order valence-corrected chi connectivity index (χ0v) is 6.73. The van der Waals surface area contributed by atoms with Crippen LogP contribution >= 0.6 is 0 Å². The van der Waals surface area contributed by atoms with Crippen molar-refractivity contribution in [1.29, 1.82) is 0 Å². The third kappa shape index (κ3) is 2.78. The molecule has 0 aromatic carbocycles. The highest BCUT2D eigenvalue weighted by Gasteiger charge is 2.38. The van der Waals surface area contributed by atoms with Crippen molar-refractivity contribution in [3.8, 4) is 0 Å². The van der Waals surface area contributed by atoms with Gasteiger partial charge in [-0.15, -0.1) is 6.58 Å². The van der Waals surface area contributed by atoms with Gasteiger partial charge in [-0.2, -0.15) is 8.78 Å². The first-order valence-corrected chi connectivity index (χ1v) is 3.45. The van der Waals surface area contributed by atoms with Gasteiger partial charge in [-0.1, -0.05) is 19.9 Å². The molecule has 0 rings (SSSR count). The molecule has 0 N–H and O–H groups in total. The number of alkyl halides is 2. The van der Waals surface area contributed by atoms with Gasteiger partial charge in [0.25, 0.3) is 0 Å². The van der Waals surface area contributed by atoms with E-state index in [1.807, 2.05) is 0 Å². The summed E-state index contributed by atoms with van der Waals surface area (Å²) >= 11 is 0. The second kappa shape index (κ2) is 3.60. The zero-order valence-electron chi connectivity index (χ0n) is 6.73. The maximum absolute atomic E-state index is 12.6. The molecule has 0 fully saturated rings. The number of hydrogen-bond acceptors (Lipinski definition) is 1. The second-order valence-corrected chi connectivity index (χ2v) is 2.72. The number of Topliss-reactive ketones (excluding diaryl/α,β-unsaturated/α-hetero) is 1. The molecule has 64 valence electrons. The third-order valence-electron chi connectivity index (χ3n) is 1.29. The highest BCUT2D eigenvalue weighted by Crippen LogP contribution is 2.23. The van der Waals surface area contributed by atoms with E-state index in [2.05, 4.69) is 6.58 Å². The highest BCUT2D eigenvalue weighted by molar-refractivity contribution is 5.87. The summed E-state index contributed by atoms with van der Waals surface area (Å²) in [7, 11) is 0.